The van der Waals surface area contributed by atoms with E-state index >= 15 is 0 Å². The van der Waals surface area contributed by atoms with Gasteiger partial charge >= 0.3 is 6.01 Å². The monoisotopic (exact) mass is 484 g/mol. The molecule has 3 aromatic heterocycles. The van der Waals surface area contributed by atoms with E-state index in [-0.39, 0.29) is 23.1 Å². The first-order valence-electron chi connectivity index (χ1n) is 11.3. The number of aryl methyl sites for hydroxylation is 1. The van der Waals surface area contributed by atoms with Crippen LogP contribution in [-0.4, -0.2) is 50.6 Å². The third-order valence-corrected chi connectivity index (χ3v) is 6.62. The van der Waals surface area contributed by atoms with Gasteiger partial charge in [0.25, 0.3) is 0 Å². The summed E-state index contributed by atoms with van der Waals surface area (Å²) in [5.74, 6) is 1.24. The lowest BCUT2D eigenvalue weighted by Gasteiger charge is -2.37. The molecule has 1 unspecified atom stereocenters. The summed E-state index contributed by atoms with van der Waals surface area (Å²) in [4.78, 5) is 23.3. The lowest BCUT2D eigenvalue weighted by atomic mass is 9.98. The van der Waals surface area contributed by atoms with Crippen LogP contribution in [0.2, 0.25) is 5.02 Å². The first kappa shape index (κ1) is 22.5. The van der Waals surface area contributed by atoms with Crippen molar-refractivity contribution in [1.82, 2.24) is 24.9 Å². The molecule has 2 atom stereocenters. The topological polar surface area (TPSA) is 118 Å². The van der Waals surface area contributed by atoms with Crippen LogP contribution in [0, 0.1) is 5.82 Å². The average Bonchev–Trinajstić information content (AvgIpc) is 3.21. The molecular weight excluding hydrogens is 459 g/mol. The second kappa shape index (κ2) is 8.84. The number of H-pyrrole nitrogens is 1. The summed E-state index contributed by atoms with van der Waals surface area (Å²) in [6.45, 7) is 4.77. The number of aromatic nitrogens is 5. The maximum atomic E-state index is 14.7. The van der Waals surface area contributed by atoms with Crippen LogP contribution in [0.4, 0.5) is 15.9 Å². The Bertz CT molecular complexity index is 1360. The third kappa shape index (κ3) is 3.86. The lowest BCUT2D eigenvalue weighted by molar-refractivity contribution is 0.418. The van der Waals surface area contributed by atoms with Crippen LogP contribution in [-0.2, 0) is 6.42 Å². The highest BCUT2D eigenvalue weighted by Crippen LogP contribution is 2.42. The predicted molar refractivity (Wildman–Crippen MR) is 131 cm³/mol. The van der Waals surface area contributed by atoms with Crippen LogP contribution in [0.15, 0.2) is 18.5 Å². The molecule has 4 aromatic rings. The molecule has 5 rings (SSSR count). The fourth-order valence-electron chi connectivity index (χ4n) is 4.52. The molecule has 4 heterocycles. The zero-order valence-corrected chi connectivity index (χ0v) is 19.9. The summed E-state index contributed by atoms with van der Waals surface area (Å²) in [6.07, 6.45) is 5.53. The molecule has 34 heavy (non-hydrogen) atoms. The number of hydrogen-bond donors (Lipinski definition) is 3. The van der Waals surface area contributed by atoms with E-state index in [1.54, 1.807) is 19.4 Å². The molecule has 1 fully saturated rings. The van der Waals surface area contributed by atoms with Crippen molar-refractivity contribution in [3.05, 3.63) is 35.1 Å². The fraction of sp³-hybridized carbons (Fsp3) is 0.391. The van der Waals surface area contributed by atoms with Crippen molar-refractivity contribution >= 4 is 45.0 Å². The molecule has 0 radical (unpaired) electrons. The van der Waals surface area contributed by atoms with E-state index in [0.717, 1.165) is 25.1 Å². The summed E-state index contributed by atoms with van der Waals surface area (Å²) >= 11 is 6.48. The van der Waals surface area contributed by atoms with Crippen molar-refractivity contribution in [3.63, 3.8) is 0 Å². The Morgan fingerprint density at radius 2 is 2.06 bits per heavy atom. The van der Waals surface area contributed by atoms with Gasteiger partial charge in [0.15, 0.2) is 5.75 Å². The van der Waals surface area contributed by atoms with Crippen LogP contribution in [0.5, 0.6) is 11.8 Å². The minimum absolute atomic E-state index is 0.0173. The Balaban J connectivity index is 1.72. The number of rotatable bonds is 5. The summed E-state index contributed by atoms with van der Waals surface area (Å²) < 4.78 is 20.7. The Kier molecular flexibility index (Phi) is 5.86. The highest BCUT2D eigenvalue weighted by Gasteiger charge is 2.29. The van der Waals surface area contributed by atoms with E-state index in [0.29, 0.717) is 45.7 Å². The molecule has 4 N–H and O–H groups in total. The van der Waals surface area contributed by atoms with Crippen LogP contribution < -0.4 is 20.7 Å². The number of piperidine rings is 1. The second-order valence-electron chi connectivity index (χ2n) is 8.52. The lowest BCUT2D eigenvalue weighted by Crippen LogP contribution is -2.46. The summed E-state index contributed by atoms with van der Waals surface area (Å²) in [5, 5.41) is 4.21. The van der Waals surface area contributed by atoms with Crippen molar-refractivity contribution in [2.24, 2.45) is 5.73 Å². The minimum atomic E-state index is -0.521. The van der Waals surface area contributed by atoms with Gasteiger partial charge in [-0.2, -0.15) is 9.97 Å². The molecule has 1 aliphatic heterocycles. The van der Waals surface area contributed by atoms with Gasteiger partial charge in [-0.15, -0.1) is 0 Å². The van der Waals surface area contributed by atoms with Crippen molar-refractivity contribution in [2.75, 3.05) is 23.8 Å². The number of benzene rings is 1. The molecule has 1 aliphatic rings. The second-order valence-corrected chi connectivity index (χ2v) is 8.89. The van der Waals surface area contributed by atoms with Crippen molar-refractivity contribution in [1.29, 1.82) is 0 Å². The summed E-state index contributed by atoms with van der Waals surface area (Å²) in [7, 11) is 1.73. The van der Waals surface area contributed by atoms with Crippen molar-refractivity contribution in [2.45, 2.75) is 45.2 Å². The van der Waals surface area contributed by atoms with Gasteiger partial charge in [0.05, 0.1) is 34.0 Å². The molecule has 0 spiro atoms. The Hall–Kier alpha value is -3.24. The predicted octanol–water partition coefficient (Wildman–Crippen LogP) is 4.41. The maximum Gasteiger partial charge on any atom is 0.326 e. The first-order chi connectivity index (χ1) is 16.4. The van der Waals surface area contributed by atoms with E-state index in [9.17, 15) is 4.39 Å². The molecule has 0 bridgehead atoms. The molecule has 178 valence electrons. The molecule has 1 aromatic carbocycles. The smallest absolute Gasteiger partial charge is 0.326 e. The van der Waals surface area contributed by atoms with Crippen LogP contribution in [0.25, 0.3) is 21.9 Å². The molecule has 9 nitrogen and oxygen atoms in total. The van der Waals surface area contributed by atoms with Gasteiger partial charge in [0.1, 0.15) is 23.1 Å². The van der Waals surface area contributed by atoms with Gasteiger partial charge in [-0.3, -0.25) is 0 Å². The van der Waals surface area contributed by atoms with Crippen molar-refractivity contribution < 1.29 is 9.13 Å². The number of fused-ring (bicyclic) bond motifs is 3. The molecule has 11 heteroatoms. The molecule has 0 amide bonds. The van der Waals surface area contributed by atoms with Gasteiger partial charge in [-0.05, 0) is 19.8 Å². The molecule has 1 saturated heterocycles. The average molecular weight is 485 g/mol. The standard InChI is InChI=1S/C23H26ClFN8O/c1-4-16-28-9-13(10-29-16)34-23-31-21-18(22(32-23)33-6-5-12(26)7-11(33)2)17-19(24)14(25)8-15(27-3)20(17)30-21/h8-12,27H,4-7,26H2,1-3H3,(H,30,31,32)/t11-,12?/m1/s1. The number of halogens is 2. The summed E-state index contributed by atoms with van der Waals surface area (Å²) in [6, 6.07) is 1.72. The Morgan fingerprint density at radius 1 is 1.29 bits per heavy atom. The SMILES string of the molecule is CCc1ncc(Oc2nc(N3CCC(N)C[C@H]3C)c3c(n2)[nH]c2c(NC)cc(F)c(Cl)c23)cn1. The van der Waals surface area contributed by atoms with E-state index in [1.165, 1.54) is 6.07 Å². The number of nitrogens with zero attached hydrogens (tertiary/aromatic N) is 5. The largest absolute Gasteiger partial charge is 0.421 e. The highest BCUT2D eigenvalue weighted by atomic mass is 35.5. The van der Waals surface area contributed by atoms with E-state index in [4.69, 9.17) is 27.1 Å². The Morgan fingerprint density at radius 3 is 2.74 bits per heavy atom. The van der Waals surface area contributed by atoms with Crippen LogP contribution in [0.1, 0.15) is 32.5 Å². The minimum Gasteiger partial charge on any atom is -0.421 e. The van der Waals surface area contributed by atoms with Crippen LogP contribution >= 0.6 is 11.6 Å². The van der Waals surface area contributed by atoms with Gasteiger partial charge in [-0.25, -0.2) is 14.4 Å². The van der Waals surface area contributed by atoms with Crippen molar-refractivity contribution in [3.8, 4) is 11.8 Å². The molecule has 0 aliphatic carbocycles. The quantitative estimate of drug-likeness (QED) is 0.381. The molecular formula is C23H26ClFN8O. The number of anilines is 2. The Labute approximate surface area is 200 Å². The zero-order valence-electron chi connectivity index (χ0n) is 19.2. The number of hydrogen-bond acceptors (Lipinski definition) is 8. The fourth-order valence-corrected chi connectivity index (χ4v) is 4.76. The normalized spacial score (nSPS) is 18.6. The number of aromatic amines is 1. The third-order valence-electron chi connectivity index (χ3n) is 6.25. The highest BCUT2D eigenvalue weighted by molar-refractivity contribution is 6.39. The van der Waals surface area contributed by atoms with Gasteiger partial charge in [-0.1, -0.05) is 18.5 Å². The maximum absolute atomic E-state index is 14.7. The van der Waals surface area contributed by atoms with E-state index < -0.39 is 5.82 Å². The van der Waals surface area contributed by atoms with Gasteiger partial charge in [0.2, 0.25) is 0 Å². The van der Waals surface area contributed by atoms with E-state index in [2.05, 4.69) is 37.1 Å². The first-order valence-corrected chi connectivity index (χ1v) is 11.7. The number of ether oxygens (including phenoxy) is 1. The molecule has 0 saturated carbocycles. The van der Waals surface area contributed by atoms with Gasteiger partial charge < -0.3 is 25.7 Å². The van der Waals surface area contributed by atoms with Gasteiger partial charge in [0, 0.05) is 43.5 Å². The van der Waals surface area contributed by atoms with Crippen LogP contribution in [0.3, 0.4) is 0 Å². The summed E-state index contributed by atoms with van der Waals surface area (Å²) in [5.41, 5.74) is 7.91. The number of nitrogens with two attached hydrogens (primary N) is 1. The zero-order chi connectivity index (χ0) is 24.0. The van der Waals surface area contributed by atoms with E-state index in [1.807, 2.05) is 6.92 Å². The number of nitrogens with one attached hydrogen (secondary N) is 2.